The van der Waals surface area contributed by atoms with E-state index >= 15 is 0 Å². The van der Waals surface area contributed by atoms with Crippen LogP contribution in [-0.2, 0) is 11.2 Å². The van der Waals surface area contributed by atoms with Gasteiger partial charge in [0.2, 0.25) is 5.91 Å². The summed E-state index contributed by atoms with van der Waals surface area (Å²) in [6.45, 7) is 4.98. The Bertz CT molecular complexity index is 1310. The Morgan fingerprint density at radius 2 is 1.71 bits per heavy atom. The fourth-order valence-corrected chi connectivity index (χ4v) is 5.83. The predicted molar refractivity (Wildman–Crippen MR) is 148 cm³/mol. The van der Waals surface area contributed by atoms with Gasteiger partial charge in [0.05, 0.1) is 26.2 Å². The Morgan fingerprint density at radius 3 is 2.45 bits per heavy atom. The van der Waals surface area contributed by atoms with Crippen LogP contribution in [0, 0.1) is 0 Å². The van der Waals surface area contributed by atoms with Gasteiger partial charge in [0.1, 0.15) is 0 Å². The third-order valence-corrected chi connectivity index (χ3v) is 7.72. The van der Waals surface area contributed by atoms with Crippen LogP contribution < -0.4 is 19.7 Å². The molecule has 0 spiro atoms. The van der Waals surface area contributed by atoms with Gasteiger partial charge >= 0.3 is 0 Å². The average Bonchev–Trinajstić information content (AvgIpc) is 2.97. The second-order valence-corrected chi connectivity index (χ2v) is 9.72. The van der Waals surface area contributed by atoms with Gasteiger partial charge in [-0.05, 0) is 60.7 Å². The molecule has 0 aromatic heterocycles. The second kappa shape index (κ2) is 11.2. The van der Waals surface area contributed by atoms with E-state index in [1.807, 2.05) is 41.3 Å². The number of ether oxygens (including phenoxy) is 2. The van der Waals surface area contributed by atoms with Crippen LogP contribution in [-0.4, -0.2) is 57.1 Å². The van der Waals surface area contributed by atoms with Gasteiger partial charge in [0, 0.05) is 37.4 Å². The molecule has 0 unspecified atom stereocenters. The van der Waals surface area contributed by atoms with E-state index < -0.39 is 5.92 Å². The van der Waals surface area contributed by atoms with Crippen molar-refractivity contribution in [1.82, 2.24) is 10.2 Å². The van der Waals surface area contributed by atoms with Gasteiger partial charge in [-0.1, -0.05) is 42.5 Å². The lowest BCUT2D eigenvalue weighted by Gasteiger charge is -2.45. The molecule has 2 atom stereocenters. The monoisotopic (exact) mass is 513 g/mol. The first-order valence-electron chi connectivity index (χ1n) is 13.3. The Balaban J connectivity index is 1.43. The van der Waals surface area contributed by atoms with Crippen molar-refractivity contribution in [3.8, 4) is 11.5 Å². The van der Waals surface area contributed by atoms with Crippen LogP contribution in [0.25, 0.3) is 0 Å². The summed E-state index contributed by atoms with van der Waals surface area (Å²) >= 11 is 0. The van der Waals surface area contributed by atoms with E-state index in [1.165, 1.54) is 11.3 Å². The van der Waals surface area contributed by atoms with Crippen molar-refractivity contribution in [2.24, 2.45) is 0 Å². The van der Waals surface area contributed by atoms with Crippen molar-refractivity contribution in [3.63, 3.8) is 0 Å². The number of nitrogens with zero attached hydrogens (tertiary/aromatic N) is 2. The third kappa shape index (κ3) is 4.69. The zero-order valence-corrected chi connectivity index (χ0v) is 22.3. The lowest BCUT2D eigenvalue weighted by molar-refractivity contribution is -0.124. The van der Waals surface area contributed by atoms with Crippen LogP contribution in [0.2, 0.25) is 0 Å². The molecular formula is C31H35N3O4. The van der Waals surface area contributed by atoms with Crippen LogP contribution in [0.5, 0.6) is 11.5 Å². The maximum absolute atomic E-state index is 13.9. The van der Waals surface area contributed by atoms with E-state index in [0.29, 0.717) is 35.7 Å². The van der Waals surface area contributed by atoms with E-state index in [1.54, 1.807) is 26.4 Å². The molecule has 7 nitrogen and oxygen atoms in total. The number of rotatable bonds is 9. The molecular weight excluding hydrogens is 478 g/mol. The molecule has 1 N–H and O–H groups in total. The first-order chi connectivity index (χ1) is 18.6. The first-order valence-corrected chi connectivity index (χ1v) is 13.3. The second-order valence-electron chi connectivity index (χ2n) is 9.72. The fourth-order valence-electron chi connectivity index (χ4n) is 5.83. The number of hydrogen-bond acceptors (Lipinski definition) is 5. The van der Waals surface area contributed by atoms with E-state index in [-0.39, 0.29) is 17.9 Å². The summed E-state index contributed by atoms with van der Waals surface area (Å²) in [6, 6.07) is 21.6. The van der Waals surface area contributed by atoms with Gasteiger partial charge in [-0.15, -0.1) is 0 Å². The number of hydrogen-bond donors (Lipinski definition) is 1. The van der Waals surface area contributed by atoms with Crippen LogP contribution in [0.4, 0.5) is 5.69 Å². The minimum atomic E-state index is -0.555. The van der Waals surface area contributed by atoms with Gasteiger partial charge in [0.15, 0.2) is 11.5 Å². The minimum absolute atomic E-state index is 0.0778. The Kier molecular flexibility index (Phi) is 7.54. The van der Waals surface area contributed by atoms with Crippen LogP contribution in [0.1, 0.15) is 52.4 Å². The normalized spacial score (nSPS) is 17.7. The first kappa shape index (κ1) is 25.6. The number of fused-ring (bicyclic) bond motifs is 4. The highest BCUT2D eigenvalue weighted by molar-refractivity contribution is 6.02. The summed E-state index contributed by atoms with van der Waals surface area (Å²) in [6.07, 6.45) is 1.57. The smallest absolute Gasteiger partial charge is 0.254 e. The van der Waals surface area contributed by atoms with Gasteiger partial charge < -0.3 is 24.6 Å². The fraction of sp³-hybridized carbons (Fsp3) is 0.355. The summed E-state index contributed by atoms with van der Waals surface area (Å²) in [4.78, 5) is 31.8. The van der Waals surface area contributed by atoms with E-state index in [9.17, 15) is 9.59 Å². The molecule has 198 valence electrons. The molecule has 0 bridgehead atoms. The van der Waals surface area contributed by atoms with Gasteiger partial charge in [0.25, 0.3) is 5.91 Å². The minimum Gasteiger partial charge on any atom is -0.493 e. The summed E-state index contributed by atoms with van der Waals surface area (Å²) < 4.78 is 11.0. The molecule has 5 rings (SSSR count). The van der Waals surface area contributed by atoms with Crippen molar-refractivity contribution >= 4 is 17.5 Å². The highest BCUT2D eigenvalue weighted by Crippen LogP contribution is 2.48. The summed E-state index contributed by atoms with van der Waals surface area (Å²) in [5, 5.41) is 3.19. The molecule has 0 radical (unpaired) electrons. The van der Waals surface area contributed by atoms with E-state index in [0.717, 1.165) is 31.5 Å². The predicted octanol–water partition coefficient (Wildman–Crippen LogP) is 4.57. The van der Waals surface area contributed by atoms with Gasteiger partial charge in [-0.3, -0.25) is 9.59 Å². The Morgan fingerprint density at radius 1 is 1.00 bits per heavy atom. The molecule has 0 saturated heterocycles. The number of nitrogens with one attached hydrogen (secondary N) is 1. The molecule has 2 aliphatic heterocycles. The van der Waals surface area contributed by atoms with Crippen molar-refractivity contribution in [3.05, 3.63) is 89.0 Å². The van der Waals surface area contributed by atoms with Gasteiger partial charge in [-0.25, -0.2) is 0 Å². The highest BCUT2D eigenvalue weighted by Gasteiger charge is 2.46. The standard InChI is InChI=1S/C31H35N3O4/c1-4-33(22-12-6-5-7-13-22)17-10-16-32-30(35)28-24-19-26(37-2)27(38-3)20-25(24)31(36)34-18-15-21-11-8-9-14-23(21)29(28)34/h5-9,11-14,19-20,28-29H,4,10,15-18H2,1-3H3,(H,32,35)/t28-,29-/m0/s1. The summed E-state index contributed by atoms with van der Waals surface area (Å²) in [5.74, 6) is 0.276. The number of methoxy groups -OCH3 is 2. The molecule has 3 aromatic carbocycles. The number of para-hydroxylation sites is 1. The van der Waals surface area contributed by atoms with E-state index in [2.05, 4.69) is 35.3 Å². The molecule has 0 saturated carbocycles. The van der Waals surface area contributed by atoms with Crippen LogP contribution >= 0.6 is 0 Å². The van der Waals surface area contributed by atoms with Crippen molar-refractivity contribution in [1.29, 1.82) is 0 Å². The maximum Gasteiger partial charge on any atom is 0.254 e. The number of benzene rings is 3. The Hall–Kier alpha value is -4.00. The van der Waals surface area contributed by atoms with Crippen molar-refractivity contribution < 1.29 is 19.1 Å². The summed E-state index contributed by atoms with van der Waals surface area (Å²) in [5.41, 5.74) is 4.58. The number of carbonyl (C=O) groups is 2. The molecule has 2 aliphatic rings. The largest absolute Gasteiger partial charge is 0.493 e. The molecule has 0 aliphatic carbocycles. The zero-order chi connectivity index (χ0) is 26.6. The Labute approximate surface area is 224 Å². The molecule has 7 heteroatoms. The van der Waals surface area contributed by atoms with Crippen LogP contribution in [0.15, 0.2) is 66.7 Å². The number of amides is 2. The molecule has 38 heavy (non-hydrogen) atoms. The number of carbonyl (C=O) groups excluding carboxylic acids is 2. The number of anilines is 1. The lowest BCUT2D eigenvalue weighted by atomic mass is 9.75. The quantitative estimate of drug-likeness (QED) is 0.425. The topological polar surface area (TPSA) is 71.1 Å². The lowest BCUT2D eigenvalue weighted by Crippen LogP contribution is -2.50. The zero-order valence-electron chi connectivity index (χ0n) is 22.3. The molecule has 0 fully saturated rings. The van der Waals surface area contributed by atoms with Gasteiger partial charge in [-0.2, -0.15) is 0 Å². The van der Waals surface area contributed by atoms with Crippen LogP contribution in [0.3, 0.4) is 0 Å². The maximum atomic E-state index is 13.9. The SMILES string of the molecule is CCN(CCCNC(=O)[C@H]1c2cc(OC)c(OC)cc2C(=O)N2CCc3ccccc3[C@@H]12)c1ccccc1. The average molecular weight is 514 g/mol. The van der Waals surface area contributed by atoms with Crippen molar-refractivity contribution in [2.75, 3.05) is 45.3 Å². The highest BCUT2D eigenvalue weighted by atomic mass is 16.5. The van der Waals surface area contributed by atoms with E-state index in [4.69, 9.17) is 9.47 Å². The molecule has 3 aromatic rings. The molecule has 2 heterocycles. The van der Waals surface area contributed by atoms with Crippen molar-refractivity contribution in [2.45, 2.75) is 31.7 Å². The summed E-state index contributed by atoms with van der Waals surface area (Å²) in [7, 11) is 3.12. The third-order valence-electron chi connectivity index (χ3n) is 7.72. The molecule has 2 amide bonds.